The number of hydrogen-bond donors (Lipinski definition) is 1. The highest BCUT2D eigenvalue weighted by atomic mass is 32.2. The molecule has 0 unspecified atom stereocenters. The normalized spacial score (nSPS) is 11.2. The van der Waals surface area contributed by atoms with E-state index in [0.29, 0.717) is 5.57 Å². The highest BCUT2D eigenvalue weighted by Gasteiger charge is 2.13. The zero-order chi connectivity index (χ0) is 15.9. The van der Waals surface area contributed by atoms with Gasteiger partial charge in [0, 0.05) is 15.5 Å². The van der Waals surface area contributed by atoms with Gasteiger partial charge in [0.15, 0.2) is 0 Å². The minimum Gasteiger partial charge on any atom is -0.322 e. The molecule has 0 fully saturated rings. The summed E-state index contributed by atoms with van der Waals surface area (Å²) in [5.41, 5.74) is 1.47. The molecule has 0 aliphatic heterocycles. The van der Waals surface area contributed by atoms with Crippen LogP contribution in [0.2, 0.25) is 0 Å². The lowest BCUT2D eigenvalue weighted by atomic mass is 10.2. The maximum atomic E-state index is 12.6. The van der Waals surface area contributed by atoms with Gasteiger partial charge in [0.05, 0.1) is 5.57 Å². The average molecular weight is 337 g/mol. The monoisotopic (exact) mass is 337 g/mol. The van der Waals surface area contributed by atoms with Crippen molar-refractivity contribution >= 4 is 40.3 Å². The second kappa shape index (κ2) is 7.81. The number of nitrogens with one attached hydrogen (secondary N) is 1. The van der Waals surface area contributed by atoms with Gasteiger partial charge in [-0.05, 0) is 41.1 Å². The van der Waals surface area contributed by atoms with E-state index in [2.05, 4.69) is 5.32 Å². The first kappa shape index (κ1) is 15.6. The number of carbonyl (C=O) groups excluding carboxylic acids is 1. The number of rotatable bonds is 5. The van der Waals surface area contributed by atoms with Crippen LogP contribution in [0.25, 0.3) is 5.57 Å². The van der Waals surface area contributed by atoms with Crippen LogP contribution < -0.4 is 5.32 Å². The van der Waals surface area contributed by atoms with Crippen molar-refractivity contribution in [1.82, 2.24) is 0 Å². The Kier molecular flexibility index (Phi) is 5.29. The van der Waals surface area contributed by atoms with Gasteiger partial charge >= 0.3 is 0 Å². The summed E-state index contributed by atoms with van der Waals surface area (Å²) in [6.45, 7) is 0. The van der Waals surface area contributed by atoms with E-state index in [-0.39, 0.29) is 5.91 Å². The van der Waals surface area contributed by atoms with Crippen molar-refractivity contribution in [2.24, 2.45) is 0 Å². The molecule has 1 N–H and O–H groups in total. The SMILES string of the molecule is O=C(Nc1ccccc1)C(=CSc1ccccc1)c1cccs1. The summed E-state index contributed by atoms with van der Waals surface area (Å²) in [6, 6.07) is 23.4. The van der Waals surface area contributed by atoms with Crippen molar-refractivity contribution in [3.63, 3.8) is 0 Å². The molecule has 4 heteroatoms. The largest absolute Gasteiger partial charge is 0.322 e. The summed E-state index contributed by atoms with van der Waals surface area (Å²) in [6.07, 6.45) is 0. The molecule has 114 valence electrons. The van der Waals surface area contributed by atoms with Crippen molar-refractivity contribution < 1.29 is 4.79 Å². The standard InChI is InChI=1S/C19H15NOS2/c21-19(20-15-8-3-1-4-9-15)17(18-12-7-13-22-18)14-23-16-10-5-2-6-11-16/h1-14H,(H,20,21). The summed E-state index contributed by atoms with van der Waals surface area (Å²) < 4.78 is 0. The fourth-order valence-corrected chi connectivity index (χ4v) is 3.62. The molecular weight excluding hydrogens is 322 g/mol. The minimum atomic E-state index is -0.0953. The fraction of sp³-hybridized carbons (Fsp3) is 0. The highest BCUT2D eigenvalue weighted by Crippen LogP contribution is 2.28. The Hall–Kier alpha value is -2.30. The lowest BCUT2D eigenvalue weighted by molar-refractivity contribution is -0.111. The summed E-state index contributed by atoms with van der Waals surface area (Å²) in [4.78, 5) is 14.7. The van der Waals surface area contributed by atoms with Crippen molar-refractivity contribution in [3.05, 3.63) is 88.5 Å². The lowest BCUT2D eigenvalue weighted by Gasteiger charge is -2.08. The first-order valence-electron chi connectivity index (χ1n) is 7.15. The Morgan fingerprint density at radius 3 is 2.26 bits per heavy atom. The van der Waals surface area contributed by atoms with Gasteiger partial charge in [-0.3, -0.25) is 4.79 Å². The number of amides is 1. The molecule has 3 aromatic rings. The van der Waals surface area contributed by atoms with Gasteiger partial charge in [-0.1, -0.05) is 54.2 Å². The van der Waals surface area contributed by atoms with Crippen molar-refractivity contribution in [2.75, 3.05) is 5.32 Å². The first-order chi connectivity index (χ1) is 11.3. The smallest absolute Gasteiger partial charge is 0.257 e. The molecule has 2 nitrogen and oxygen atoms in total. The van der Waals surface area contributed by atoms with E-state index in [4.69, 9.17) is 0 Å². The number of anilines is 1. The topological polar surface area (TPSA) is 29.1 Å². The van der Waals surface area contributed by atoms with E-state index in [1.54, 1.807) is 23.1 Å². The predicted octanol–water partition coefficient (Wildman–Crippen LogP) is 5.52. The lowest BCUT2D eigenvalue weighted by Crippen LogP contribution is -2.12. The zero-order valence-electron chi connectivity index (χ0n) is 12.3. The van der Waals surface area contributed by atoms with Crippen LogP contribution in [0.1, 0.15) is 4.88 Å². The van der Waals surface area contributed by atoms with Gasteiger partial charge in [-0.15, -0.1) is 11.3 Å². The zero-order valence-corrected chi connectivity index (χ0v) is 13.9. The molecule has 1 amide bonds. The van der Waals surface area contributed by atoms with Crippen LogP contribution in [0, 0.1) is 0 Å². The van der Waals surface area contributed by atoms with Crippen LogP contribution in [0.15, 0.2) is 88.5 Å². The van der Waals surface area contributed by atoms with Gasteiger partial charge in [0.25, 0.3) is 5.91 Å². The second-order valence-electron chi connectivity index (χ2n) is 4.76. The molecule has 2 aromatic carbocycles. The first-order valence-corrected chi connectivity index (χ1v) is 8.91. The molecule has 0 aliphatic rings. The number of carbonyl (C=O) groups is 1. The van der Waals surface area contributed by atoms with Crippen LogP contribution >= 0.6 is 23.1 Å². The molecule has 0 saturated heterocycles. The molecule has 1 aromatic heterocycles. The molecule has 0 bridgehead atoms. The molecule has 1 heterocycles. The van der Waals surface area contributed by atoms with Crippen LogP contribution in [0.5, 0.6) is 0 Å². The number of thiophene rings is 1. The van der Waals surface area contributed by atoms with Crippen LogP contribution in [0.4, 0.5) is 5.69 Å². The molecule has 0 radical (unpaired) electrons. The summed E-state index contributed by atoms with van der Waals surface area (Å²) in [5, 5.41) is 6.85. The van der Waals surface area contributed by atoms with E-state index in [9.17, 15) is 4.79 Å². The third-order valence-corrected chi connectivity index (χ3v) is 4.92. The third kappa shape index (κ3) is 4.34. The summed E-state index contributed by atoms with van der Waals surface area (Å²) >= 11 is 3.11. The van der Waals surface area contributed by atoms with Crippen molar-refractivity contribution in [3.8, 4) is 0 Å². The quantitative estimate of drug-likeness (QED) is 0.490. The Morgan fingerprint density at radius 1 is 0.913 bits per heavy atom. The van der Waals surface area contributed by atoms with Gasteiger partial charge in [0.2, 0.25) is 0 Å². The van der Waals surface area contributed by atoms with Crippen LogP contribution in [0.3, 0.4) is 0 Å². The van der Waals surface area contributed by atoms with E-state index in [1.165, 1.54) is 0 Å². The molecule has 0 saturated carbocycles. The van der Waals surface area contributed by atoms with E-state index in [1.807, 2.05) is 83.6 Å². The van der Waals surface area contributed by atoms with Crippen molar-refractivity contribution in [2.45, 2.75) is 4.90 Å². The van der Waals surface area contributed by atoms with E-state index < -0.39 is 0 Å². The van der Waals surface area contributed by atoms with Crippen molar-refractivity contribution in [1.29, 1.82) is 0 Å². The molecule has 3 rings (SSSR count). The minimum absolute atomic E-state index is 0.0953. The number of para-hydroxylation sites is 1. The molecule has 0 aliphatic carbocycles. The Balaban J connectivity index is 1.82. The maximum Gasteiger partial charge on any atom is 0.257 e. The molecular formula is C19H15NOS2. The average Bonchev–Trinajstić information content (AvgIpc) is 3.11. The summed E-state index contributed by atoms with van der Waals surface area (Å²) in [7, 11) is 0. The fourth-order valence-electron chi connectivity index (χ4n) is 2.00. The third-order valence-electron chi connectivity index (χ3n) is 3.12. The number of hydrogen-bond acceptors (Lipinski definition) is 3. The predicted molar refractivity (Wildman–Crippen MR) is 99.7 cm³/mol. The maximum absolute atomic E-state index is 12.6. The Morgan fingerprint density at radius 2 is 1.61 bits per heavy atom. The Bertz CT molecular complexity index is 781. The van der Waals surface area contributed by atoms with Gasteiger partial charge < -0.3 is 5.32 Å². The molecule has 23 heavy (non-hydrogen) atoms. The second-order valence-corrected chi connectivity index (χ2v) is 6.65. The number of benzene rings is 2. The van der Waals surface area contributed by atoms with Gasteiger partial charge in [-0.25, -0.2) is 0 Å². The molecule has 0 atom stereocenters. The number of thioether (sulfide) groups is 1. The van der Waals surface area contributed by atoms with E-state index in [0.717, 1.165) is 15.5 Å². The van der Waals surface area contributed by atoms with Gasteiger partial charge in [-0.2, -0.15) is 0 Å². The molecule has 0 spiro atoms. The van der Waals surface area contributed by atoms with Crippen LogP contribution in [-0.2, 0) is 4.79 Å². The van der Waals surface area contributed by atoms with Crippen LogP contribution in [-0.4, -0.2) is 5.91 Å². The summed E-state index contributed by atoms with van der Waals surface area (Å²) in [5.74, 6) is -0.0953. The van der Waals surface area contributed by atoms with Gasteiger partial charge in [0.1, 0.15) is 0 Å². The Labute approximate surface area is 143 Å². The van der Waals surface area contributed by atoms with E-state index >= 15 is 0 Å². The highest BCUT2D eigenvalue weighted by molar-refractivity contribution is 8.02.